The molecule has 0 N–H and O–H groups in total. The number of rotatable bonds is 2. The lowest BCUT2D eigenvalue weighted by Gasteiger charge is -2.40. The summed E-state index contributed by atoms with van der Waals surface area (Å²) >= 11 is 0. The molecule has 0 amide bonds. The molecule has 0 aromatic rings. The summed E-state index contributed by atoms with van der Waals surface area (Å²) in [5.74, 6) is 3.98. The Morgan fingerprint density at radius 1 is 0.800 bits per heavy atom. The third-order valence-electron chi connectivity index (χ3n) is 7.82. The zero-order valence-electron chi connectivity index (χ0n) is 12.7. The van der Waals surface area contributed by atoms with Crippen molar-refractivity contribution in [3.8, 4) is 0 Å². The minimum absolute atomic E-state index is 0.647. The van der Waals surface area contributed by atoms with Gasteiger partial charge in [0.2, 0.25) is 0 Å². The molecule has 5 rings (SSSR count). The van der Waals surface area contributed by atoms with Crippen LogP contribution in [0.3, 0.4) is 0 Å². The van der Waals surface area contributed by atoms with Crippen LogP contribution < -0.4 is 0 Å². The van der Waals surface area contributed by atoms with E-state index in [1.807, 2.05) is 11.5 Å². The van der Waals surface area contributed by atoms with Crippen LogP contribution in [0.2, 0.25) is 0 Å². The maximum atomic E-state index is 2.51. The zero-order valence-corrected chi connectivity index (χ0v) is 12.7. The zero-order chi connectivity index (χ0) is 13.2. The maximum absolute atomic E-state index is 2.51. The molecule has 20 heavy (non-hydrogen) atoms. The molecular formula is C20H27. The fraction of sp³-hybridized carbons (Fsp3) is 0.750. The van der Waals surface area contributed by atoms with Crippen molar-refractivity contribution in [1.29, 1.82) is 0 Å². The molecule has 0 nitrogen and oxygen atoms in total. The van der Waals surface area contributed by atoms with Crippen molar-refractivity contribution in [1.82, 2.24) is 0 Å². The minimum Gasteiger partial charge on any atom is -0.0765 e. The lowest BCUT2D eigenvalue weighted by molar-refractivity contribution is 0.297. The fourth-order valence-electron chi connectivity index (χ4n) is 6.62. The van der Waals surface area contributed by atoms with Gasteiger partial charge in [0.25, 0.3) is 0 Å². The number of hydrogen-bond donors (Lipinski definition) is 0. The first-order chi connectivity index (χ1) is 9.78. The lowest BCUT2D eigenvalue weighted by Crippen LogP contribution is -2.28. The van der Waals surface area contributed by atoms with Crippen molar-refractivity contribution in [2.45, 2.75) is 70.6 Å². The third-order valence-corrected chi connectivity index (χ3v) is 7.82. The first-order valence-electron chi connectivity index (χ1n) is 9.02. The predicted molar refractivity (Wildman–Crippen MR) is 83.1 cm³/mol. The van der Waals surface area contributed by atoms with Crippen LogP contribution in [0.4, 0.5) is 0 Å². The highest BCUT2D eigenvalue weighted by Gasteiger charge is 2.52. The van der Waals surface area contributed by atoms with E-state index in [0.717, 1.165) is 11.8 Å². The van der Waals surface area contributed by atoms with E-state index in [-0.39, 0.29) is 0 Å². The molecule has 0 atom stereocenters. The Kier molecular flexibility index (Phi) is 2.43. The van der Waals surface area contributed by atoms with Gasteiger partial charge in [0, 0.05) is 5.92 Å². The van der Waals surface area contributed by atoms with Gasteiger partial charge in [0.05, 0.1) is 0 Å². The Hall–Kier alpha value is -0.520. The molecule has 0 saturated heterocycles. The van der Waals surface area contributed by atoms with Crippen LogP contribution in [0.15, 0.2) is 23.8 Å². The van der Waals surface area contributed by atoms with E-state index < -0.39 is 0 Å². The molecular weight excluding hydrogens is 240 g/mol. The van der Waals surface area contributed by atoms with E-state index in [4.69, 9.17) is 0 Å². The van der Waals surface area contributed by atoms with Crippen molar-refractivity contribution in [2.75, 3.05) is 0 Å². The summed E-state index contributed by atoms with van der Waals surface area (Å²) in [7, 11) is 0. The average molecular weight is 267 g/mol. The molecule has 0 aromatic heterocycles. The summed E-state index contributed by atoms with van der Waals surface area (Å²) in [4.78, 5) is 0. The van der Waals surface area contributed by atoms with Gasteiger partial charge in [0.15, 0.2) is 0 Å². The highest BCUT2D eigenvalue weighted by Crippen LogP contribution is 2.64. The van der Waals surface area contributed by atoms with Gasteiger partial charge in [-0.05, 0) is 93.3 Å². The molecule has 5 aliphatic rings. The van der Waals surface area contributed by atoms with Crippen LogP contribution >= 0.6 is 0 Å². The molecule has 4 fully saturated rings. The number of allylic oxidation sites excluding steroid dienone is 4. The summed E-state index contributed by atoms with van der Waals surface area (Å²) in [6.07, 6.45) is 23.9. The summed E-state index contributed by atoms with van der Waals surface area (Å²) in [6.45, 7) is 0. The van der Waals surface area contributed by atoms with Gasteiger partial charge in [-0.25, -0.2) is 0 Å². The second kappa shape index (κ2) is 4.02. The molecule has 0 spiro atoms. The first kappa shape index (κ1) is 12.1. The summed E-state index contributed by atoms with van der Waals surface area (Å²) in [5, 5.41) is 0. The Labute approximate surface area is 123 Å². The fourth-order valence-corrected chi connectivity index (χ4v) is 6.62. The molecule has 4 bridgehead atoms. The molecule has 0 aromatic carbocycles. The number of hydrogen-bond acceptors (Lipinski definition) is 0. The SMILES string of the molecule is C1=C[C](C23CCC(CC2)C3)CC(C23CCC(CC2)C3)=C1. The topological polar surface area (TPSA) is 0 Å². The van der Waals surface area contributed by atoms with Gasteiger partial charge >= 0.3 is 0 Å². The molecule has 5 aliphatic carbocycles. The van der Waals surface area contributed by atoms with Crippen molar-refractivity contribution in [3.63, 3.8) is 0 Å². The van der Waals surface area contributed by atoms with Crippen molar-refractivity contribution in [2.24, 2.45) is 22.7 Å². The van der Waals surface area contributed by atoms with Crippen molar-refractivity contribution >= 4 is 0 Å². The van der Waals surface area contributed by atoms with E-state index in [9.17, 15) is 0 Å². The van der Waals surface area contributed by atoms with E-state index in [0.29, 0.717) is 10.8 Å². The van der Waals surface area contributed by atoms with Crippen LogP contribution in [-0.2, 0) is 0 Å². The quantitative estimate of drug-likeness (QED) is 0.610. The molecule has 4 saturated carbocycles. The van der Waals surface area contributed by atoms with Gasteiger partial charge in [-0.2, -0.15) is 0 Å². The van der Waals surface area contributed by atoms with Crippen LogP contribution in [0.1, 0.15) is 70.6 Å². The predicted octanol–water partition coefficient (Wildman–Crippen LogP) is 5.61. The van der Waals surface area contributed by atoms with Gasteiger partial charge in [-0.15, -0.1) is 0 Å². The summed E-state index contributed by atoms with van der Waals surface area (Å²) in [5.41, 5.74) is 3.13. The Morgan fingerprint density at radius 2 is 1.40 bits per heavy atom. The molecule has 0 heterocycles. The van der Waals surface area contributed by atoms with E-state index in [1.54, 1.807) is 0 Å². The summed E-state index contributed by atoms with van der Waals surface area (Å²) in [6, 6.07) is 0. The van der Waals surface area contributed by atoms with Crippen LogP contribution in [0.25, 0.3) is 0 Å². The van der Waals surface area contributed by atoms with E-state index >= 15 is 0 Å². The van der Waals surface area contributed by atoms with Gasteiger partial charge in [-0.3, -0.25) is 0 Å². The average Bonchev–Trinajstić information content (AvgIpc) is 3.28. The van der Waals surface area contributed by atoms with Crippen molar-refractivity contribution in [3.05, 3.63) is 29.7 Å². The second-order valence-electron chi connectivity index (χ2n) is 8.61. The van der Waals surface area contributed by atoms with E-state index in [2.05, 4.69) is 18.2 Å². The highest BCUT2D eigenvalue weighted by atomic mass is 14.6. The van der Waals surface area contributed by atoms with Gasteiger partial charge in [-0.1, -0.05) is 23.8 Å². The molecule has 107 valence electrons. The Bertz CT molecular complexity index is 464. The maximum Gasteiger partial charge on any atom is 0.00781 e. The van der Waals surface area contributed by atoms with Crippen LogP contribution in [-0.4, -0.2) is 0 Å². The highest BCUT2D eigenvalue weighted by molar-refractivity contribution is 5.39. The van der Waals surface area contributed by atoms with Gasteiger partial charge in [0.1, 0.15) is 0 Å². The Balaban J connectivity index is 1.41. The van der Waals surface area contributed by atoms with E-state index in [1.165, 1.54) is 70.6 Å². The molecule has 0 aliphatic heterocycles. The second-order valence-corrected chi connectivity index (χ2v) is 8.61. The van der Waals surface area contributed by atoms with Crippen molar-refractivity contribution < 1.29 is 0 Å². The first-order valence-corrected chi connectivity index (χ1v) is 9.02. The standard InChI is InChI=1S/C20H27/c1-2-17(19-8-4-15(13-19)5-9-19)12-18(3-1)20-10-6-16(14-20)7-11-20/h1-3,15-16H,4-14H2. The normalized spacial score (nSPS) is 50.1. The smallest absolute Gasteiger partial charge is 0.00781 e. The third kappa shape index (κ3) is 1.54. The molecule has 0 unspecified atom stereocenters. The monoisotopic (exact) mass is 267 g/mol. The largest absolute Gasteiger partial charge is 0.0765 e. The number of fused-ring (bicyclic) bond motifs is 4. The van der Waals surface area contributed by atoms with Gasteiger partial charge < -0.3 is 0 Å². The Morgan fingerprint density at radius 3 is 1.95 bits per heavy atom. The molecule has 0 heteroatoms. The van der Waals surface area contributed by atoms with Crippen LogP contribution in [0.5, 0.6) is 0 Å². The lowest BCUT2D eigenvalue weighted by atomic mass is 9.65. The minimum atomic E-state index is 0.647. The summed E-state index contributed by atoms with van der Waals surface area (Å²) < 4.78 is 0. The molecule has 1 radical (unpaired) electrons. The van der Waals surface area contributed by atoms with Crippen LogP contribution in [0, 0.1) is 28.6 Å².